The van der Waals surface area contributed by atoms with Crippen molar-refractivity contribution >= 4 is 17.5 Å². The average Bonchev–Trinajstić information content (AvgIpc) is 2.87. The van der Waals surface area contributed by atoms with Gasteiger partial charge < -0.3 is 9.63 Å². The van der Waals surface area contributed by atoms with Crippen molar-refractivity contribution in [1.29, 1.82) is 0 Å². The Hall–Kier alpha value is -2.50. The molecule has 6 nitrogen and oxygen atoms in total. The number of aromatic hydroxyl groups is 1. The zero-order valence-electron chi connectivity index (χ0n) is 12.5. The molecular formula is C15H19N3O3. The highest BCUT2D eigenvalue weighted by molar-refractivity contribution is 6.00. The predicted octanol–water partition coefficient (Wildman–Crippen LogP) is 3.35. The van der Waals surface area contributed by atoms with Gasteiger partial charge in [0.05, 0.1) is 0 Å². The Kier molecular flexibility index (Phi) is 3.88. The third-order valence-electron chi connectivity index (χ3n) is 3.03. The van der Waals surface area contributed by atoms with E-state index in [1.165, 1.54) is 17.0 Å². The zero-order valence-corrected chi connectivity index (χ0v) is 12.5. The van der Waals surface area contributed by atoms with Crippen LogP contribution in [0, 0.1) is 0 Å². The van der Waals surface area contributed by atoms with E-state index in [2.05, 4.69) is 10.5 Å². The van der Waals surface area contributed by atoms with Gasteiger partial charge in [0.1, 0.15) is 11.5 Å². The summed E-state index contributed by atoms with van der Waals surface area (Å²) in [6.07, 6.45) is 0. The van der Waals surface area contributed by atoms with Crippen molar-refractivity contribution in [2.45, 2.75) is 26.2 Å². The van der Waals surface area contributed by atoms with Crippen LogP contribution in [-0.4, -0.2) is 23.3 Å². The first-order chi connectivity index (χ1) is 9.77. The van der Waals surface area contributed by atoms with E-state index >= 15 is 0 Å². The van der Waals surface area contributed by atoms with Gasteiger partial charge in [-0.25, -0.2) is 4.79 Å². The molecule has 2 rings (SSSR count). The molecule has 0 saturated carbocycles. The molecule has 0 aliphatic heterocycles. The second kappa shape index (κ2) is 5.47. The lowest BCUT2D eigenvalue weighted by molar-refractivity contribution is 0.257. The van der Waals surface area contributed by atoms with Crippen LogP contribution in [0.5, 0.6) is 5.75 Å². The van der Waals surface area contributed by atoms with Crippen LogP contribution in [-0.2, 0) is 5.41 Å². The first kappa shape index (κ1) is 14.9. The number of hydrogen-bond acceptors (Lipinski definition) is 4. The smallest absolute Gasteiger partial charge is 0.327 e. The molecule has 112 valence electrons. The highest BCUT2D eigenvalue weighted by Crippen LogP contribution is 2.25. The number of rotatable bonds is 2. The molecule has 6 heteroatoms. The topological polar surface area (TPSA) is 78.6 Å². The van der Waals surface area contributed by atoms with Crippen LogP contribution < -0.4 is 10.2 Å². The van der Waals surface area contributed by atoms with Crippen molar-refractivity contribution in [2.24, 2.45) is 0 Å². The molecule has 0 spiro atoms. The van der Waals surface area contributed by atoms with Gasteiger partial charge in [-0.2, -0.15) is 0 Å². The summed E-state index contributed by atoms with van der Waals surface area (Å²) in [5.41, 5.74) is 0.489. The number of phenolic OH excluding ortho intramolecular Hbond substituents is 1. The van der Waals surface area contributed by atoms with Crippen molar-refractivity contribution in [1.82, 2.24) is 5.16 Å². The summed E-state index contributed by atoms with van der Waals surface area (Å²) in [6.45, 7) is 6.01. The Balaban J connectivity index is 2.07. The molecule has 0 bridgehead atoms. The number of hydrogen-bond donors (Lipinski definition) is 2. The molecule has 0 unspecified atom stereocenters. The molecule has 0 saturated heterocycles. The summed E-state index contributed by atoms with van der Waals surface area (Å²) in [7, 11) is 1.63. The molecule has 2 N–H and O–H groups in total. The van der Waals surface area contributed by atoms with Gasteiger partial charge in [0.25, 0.3) is 0 Å². The average molecular weight is 289 g/mol. The normalized spacial score (nSPS) is 11.2. The maximum atomic E-state index is 12.1. The second-order valence-electron chi connectivity index (χ2n) is 5.83. The van der Waals surface area contributed by atoms with E-state index in [1.54, 1.807) is 25.2 Å². The standard InChI is InChI=1S/C15H19N3O3/c1-15(2,3)12-9-13(17-21-12)16-14(20)18(4)10-5-7-11(19)8-6-10/h5-9,19H,1-4H3,(H,16,17,20). The van der Waals surface area contributed by atoms with Gasteiger partial charge in [0, 0.05) is 24.2 Å². The minimum absolute atomic E-state index is 0.152. The van der Waals surface area contributed by atoms with E-state index in [9.17, 15) is 9.90 Å². The molecule has 2 amide bonds. The van der Waals surface area contributed by atoms with Gasteiger partial charge in [0.2, 0.25) is 0 Å². The number of anilines is 2. The van der Waals surface area contributed by atoms with Crippen molar-refractivity contribution in [3.05, 3.63) is 36.1 Å². The largest absolute Gasteiger partial charge is 0.508 e. The molecule has 0 aliphatic rings. The molecule has 0 radical (unpaired) electrons. The van der Waals surface area contributed by atoms with Crippen molar-refractivity contribution in [3.8, 4) is 5.75 Å². The predicted molar refractivity (Wildman–Crippen MR) is 80.7 cm³/mol. The highest BCUT2D eigenvalue weighted by atomic mass is 16.5. The monoisotopic (exact) mass is 289 g/mol. The third-order valence-corrected chi connectivity index (χ3v) is 3.03. The van der Waals surface area contributed by atoms with Crippen LogP contribution in [0.15, 0.2) is 34.9 Å². The molecule has 21 heavy (non-hydrogen) atoms. The lowest BCUT2D eigenvalue weighted by Crippen LogP contribution is -2.31. The molecule has 0 aliphatic carbocycles. The van der Waals surface area contributed by atoms with E-state index in [0.717, 1.165) is 0 Å². The van der Waals surface area contributed by atoms with Crippen LogP contribution in [0.3, 0.4) is 0 Å². The molecule has 1 aromatic carbocycles. The summed E-state index contributed by atoms with van der Waals surface area (Å²) >= 11 is 0. The lowest BCUT2D eigenvalue weighted by atomic mass is 9.93. The van der Waals surface area contributed by atoms with Crippen molar-refractivity contribution in [2.75, 3.05) is 17.3 Å². The Morgan fingerprint density at radius 2 is 1.90 bits per heavy atom. The van der Waals surface area contributed by atoms with Crippen molar-refractivity contribution in [3.63, 3.8) is 0 Å². The quantitative estimate of drug-likeness (QED) is 0.888. The summed E-state index contributed by atoms with van der Waals surface area (Å²) in [5.74, 6) is 1.22. The van der Waals surface area contributed by atoms with Gasteiger partial charge in [-0.15, -0.1) is 0 Å². The number of benzene rings is 1. The summed E-state index contributed by atoms with van der Waals surface area (Å²) in [4.78, 5) is 13.5. The molecule has 2 aromatic rings. The number of carbonyl (C=O) groups excluding carboxylic acids is 1. The number of phenols is 1. The molecule has 0 fully saturated rings. The van der Waals surface area contributed by atoms with Gasteiger partial charge in [-0.3, -0.25) is 10.2 Å². The number of urea groups is 1. The first-order valence-corrected chi connectivity index (χ1v) is 6.58. The number of aromatic nitrogens is 1. The lowest BCUT2D eigenvalue weighted by Gasteiger charge is -2.17. The van der Waals surface area contributed by atoms with Crippen molar-refractivity contribution < 1.29 is 14.4 Å². The van der Waals surface area contributed by atoms with Crippen LogP contribution in [0.1, 0.15) is 26.5 Å². The summed E-state index contributed by atoms with van der Waals surface area (Å²) in [6, 6.07) is 7.72. The zero-order chi connectivity index (χ0) is 15.6. The summed E-state index contributed by atoms with van der Waals surface area (Å²) in [5, 5.41) is 15.8. The van der Waals surface area contributed by atoms with E-state index in [-0.39, 0.29) is 17.2 Å². The minimum atomic E-state index is -0.338. The van der Waals surface area contributed by atoms with Gasteiger partial charge >= 0.3 is 6.03 Å². The summed E-state index contributed by atoms with van der Waals surface area (Å²) < 4.78 is 5.21. The molecular weight excluding hydrogens is 270 g/mol. The first-order valence-electron chi connectivity index (χ1n) is 6.58. The Morgan fingerprint density at radius 3 is 2.43 bits per heavy atom. The fourth-order valence-electron chi connectivity index (χ4n) is 1.67. The second-order valence-corrected chi connectivity index (χ2v) is 5.83. The number of nitrogens with zero attached hydrogens (tertiary/aromatic N) is 2. The van der Waals surface area contributed by atoms with E-state index in [4.69, 9.17) is 4.52 Å². The molecule has 0 atom stereocenters. The van der Waals surface area contributed by atoms with Crippen LogP contribution in [0.4, 0.5) is 16.3 Å². The number of amides is 2. The SMILES string of the molecule is CN(C(=O)Nc1cc(C(C)(C)C)on1)c1ccc(O)cc1. The van der Waals surface area contributed by atoms with Crippen LogP contribution in [0.25, 0.3) is 0 Å². The maximum Gasteiger partial charge on any atom is 0.327 e. The fraction of sp³-hybridized carbons (Fsp3) is 0.333. The van der Waals surface area contributed by atoms with Crippen LogP contribution in [0.2, 0.25) is 0 Å². The Bertz CT molecular complexity index is 626. The van der Waals surface area contributed by atoms with Crippen LogP contribution >= 0.6 is 0 Å². The minimum Gasteiger partial charge on any atom is -0.508 e. The maximum absolute atomic E-state index is 12.1. The number of carbonyl (C=O) groups is 1. The van der Waals surface area contributed by atoms with Gasteiger partial charge in [-0.1, -0.05) is 25.9 Å². The van der Waals surface area contributed by atoms with Gasteiger partial charge in [-0.05, 0) is 24.3 Å². The third kappa shape index (κ3) is 3.53. The van der Waals surface area contributed by atoms with E-state index < -0.39 is 0 Å². The molecule has 1 heterocycles. The Labute approximate surface area is 123 Å². The molecule has 1 aromatic heterocycles. The van der Waals surface area contributed by atoms with E-state index in [1.807, 2.05) is 20.8 Å². The fourth-order valence-corrected chi connectivity index (χ4v) is 1.67. The van der Waals surface area contributed by atoms with Gasteiger partial charge in [0.15, 0.2) is 5.82 Å². The highest BCUT2D eigenvalue weighted by Gasteiger charge is 2.21. The van der Waals surface area contributed by atoms with E-state index in [0.29, 0.717) is 17.3 Å². The number of nitrogens with one attached hydrogen (secondary N) is 1. The Morgan fingerprint density at radius 1 is 1.29 bits per heavy atom.